The predicted octanol–water partition coefficient (Wildman–Crippen LogP) is 2.61. The summed E-state index contributed by atoms with van der Waals surface area (Å²) in [7, 11) is 0. The Hall–Kier alpha value is -1.72. The summed E-state index contributed by atoms with van der Waals surface area (Å²) >= 11 is 1.74. The molecule has 2 N–H and O–H groups in total. The molecule has 1 heterocycles. The number of amides is 1. The molecule has 0 bridgehead atoms. The maximum Gasteiger partial charge on any atom is 0.251 e. The molecular weight excluding hydrogens is 274 g/mol. The Kier molecular flexibility index (Phi) is 5.26. The SMILES string of the molecule is CSCc1ccc(C(=O)NC(CO)c2ccco2)cc1. The van der Waals surface area contributed by atoms with Crippen molar-refractivity contribution in [2.24, 2.45) is 0 Å². The van der Waals surface area contributed by atoms with Crippen LogP contribution in [0.1, 0.15) is 27.7 Å². The van der Waals surface area contributed by atoms with E-state index in [4.69, 9.17) is 4.42 Å². The van der Waals surface area contributed by atoms with E-state index in [9.17, 15) is 9.90 Å². The first-order chi connectivity index (χ1) is 9.74. The Morgan fingerprint density at radius 2 is 2.10 bits per heavy atom. The minimum Gasteiger partial charge on any atom is -0.467 e. The molecule has 1 aromatic carbocycles. The summed E-state index contributed by atoms with van der Waals surface area (Å²) in [6.07, 6.45) is 3.55. The quantitative estimate of drug-likeness (QED) is 0.859. The van der Waals surface area contributed by atoms with Gasteiger partial charge in [-0.05, 0) is 36.1 Å². The first kappa shape index (κ1) is 14.7. The number of furan rings is 1. The number of thioether (sulfide) groups is 1. The minimum atomic E-state index is -0.525. The van der Waals surface area contributed by atoms with E-state index in [1.165, 1.54) is 11.8 Å². The van der Waals surface area contributed by atoms with Gasteiger partial charge in [-0.25, -0.2) is 0 Å². The van der Waals surface area contributed by atoms with Crippen molar-refractivity contribution in [1.82, 2.24) is 5.32 Å². The van der Waals surface area contributed by atoms with Crippen molar-refractivity contribution in [2.75, 3.05) is 12.9 Å². The van der Waals surface area contributed by atoms with E-state index in [-0.39, 0.29) is 12.5 Å². The van der Waals surface area contributed by atoms with Gasteiger partial charge in [-0.3, -0.25) is 4.79 Å². The highest BCUT2D eigenvalue weighted by molar-refractivity contribution is 7.97. The second-order valence-corrected chi connectivity index (χ2v) is 5.22. The molecule has 0 fully saturated rings. The zero-order chi connectivity index (χ0) is 14.4. The fraction of sp³-hybridized carbons (Fsp3) is 0.267. The van der Waals surface area contributed by atoms with Gasteiger partial charge < -0.3 is 14.8 Å². The van der Waals surface area contributed by atoms with Crippen LogP contribution < -0.4 is 5.32 Å². The third-order valence-corrected chi connectivity index (χ3v) is 3.52. The molecule has 0 saturated carbocycles. The monoisotopic (exact) mass is 291 g/mol. The van der Waals surface area contributed by atoms with Crippen molar-refractivity contribution < 1.29 is 14.3 Å². The Balaban J connectivity index is 2.03. The second kappa shape index (κ2) is 7.17. The number of rotatable bonds is 6. The molecular formula is C15H17NO3S. The van der Waals surface area contributed by atoms with Crippen LogP contribution in [0.3, 0.4) is 0 Å². The molecule has 1 unspecified atom stereocenters. The third-order valence-electron chi connectivity index (χ3n) is 2.90. The van der Waals surface area contributed by atoms with Crippen LogP contribution in [-0.4, -0.2) is 23.9 Å². The van der Waals surface area contributed by atoms with Crippen molar-refractivity contribution in [2.45, 2.75) is 11.8 Å². The summed E-state index contributed by atoms with van der Waals surface area (Å²) < 4.78 is 5.20. The maximum absolute atomic E-state index is 12.1. The van der Waals surface area contributed by atoms with E-state index in [0.29, 0.717) is 11.3 Å². The van der Waals surface area contributed by atoms with Crippen LogP contribution in [0.25, 0.3) is 0 Å². The van der Waals surface area contributed by atoms with E-state index in [0.717, 1.165) is 5.75 Å². The molecule has 4 nitrogen and oxygen atoms in total. The smallest absolute Gasteiger partial charge is 0.251 e. The topological polar surface area (TPSA) is 62.5 Å². The third kappa shape index (κ3) is 3.65. The fourth-order valence-corrected chi connectivity index (χ4v) is 2.38. The molecule has 0 radical (unpaired) electrons. The summed E-state index contributed by atoms with van der Waals surface area (Å²) in [6.45, 7) is -0.205. The van der Waals surface area contributed by atoms with Gasteiger partial charge in [0.05, 0.1) is 12.9 Å². The molecule has 2 aromatic rings. The molecule has 2 rings (SSSR count). The molecule has 1 atom stereocenters. The van der Waals surface area contributed by atoms with Crippen LogP contribution in [0.5, 0.6) is 0 Å². The van der Waals surface area contributed by atoms with E-state index in [1.54, 1.807) is 36.0 Å². The number of carbonyl (C=O) groups excluding carboxylic acids is 1. The van der Waals surface area contributed by atoms with Gasteiger partial charge in [0.2, 0.25) is 0 Å². The highest BCUT2D eigenvalue weighted by Crippen LogP contribution is 2.15. The fourth-order valence-electron chi connectivity index (χ4n) is 1.86. The van der Waals surface area contributed by atoms with Crippen LogP contribution >= 0.6 is 11.8 Å². The average Bonchev–Trinajstić information content (AvgIpc) is 2.99. The van der Waals surface area contributed by atoms with Gasteiger partial charge in [0.15, 0.2) is 0 Å². The number of benzene rings is 1. The minimum absolute atomic E-state index is 0.205. The molecule has 0 aliphatic heterocycles. The van der Waals surface area contributed by atoms with Gasteiger partial charge >= 0.3 is 0 Å². The lowest BCUT2D eigenvalue weighted by Crippen LogP contribution is -2.30. The number of hydrogen-bond donors (Lipinski definition) is 2. The van der Waals surface area contributed by atoms with Gasteiger partial charge in [0.25, 0.3) is 5.91 Å². The largest absolute Gasteiger partial charge is 0.467 e. The number of nitrogens with one attached hydrogen (secondary N) is 1. The summed E-state index contributed by atoms with van der Waals surface area (Å²) in [6, 6.07) is 10.4. The number of hydrogen-bond acceptors (Lipinski definition) is 4. The van der Waals surface area contributed by atoms with Crippen molar-refractivity contribution >= 4 is 17.7 Å². The van der Waals surface area contributed by atoms with Crippen molar-refractivity contribution in [3.63, 3.8) is 0 Å². The van der Waals surface area contributed by atoms with Crippen molar-refractivity contribution in [1.29, 1.82) is 0 Å². The van der Waals surface area contributed by atoms with Gasteiger partial charge in [-0.2, -0.15) is 11.8 Å². The molecule has 20 heavy (non-hydrogen) atoms. The van der Waals surface area contributed by atoms with Crippen LogP contribution in [0.2, 0.25) is 0 Å². The van der Waals surface area contributed by atoms with Crippen LogP contribution in [-0.2, 0) is 5.75 Å². The number of aliphatic hydroxyl groups is 1. The van der Waals surface area contributed by atoms with E-state index >= 15 is 0 Å². The molecule has 1 aromatic heterocycles. The summed E-state index contributed by atoms with van der Waals surface area (Å²) in [5, 5.41) is 12.1. The first-order valence-electron chi connectivity index (χ1n) is 6.27. The number of aliphatic hydroxyl groups excluding tert-OH is 1. The van der Waals surface area contributed by atoms with Gasteiger partial charge in [-0.15, -0.1) is 0 Å². The average molecular weight is 291 g/mol. The van der Waals surface area contributed by atoms with Gasteiger partial charge in [-0.1, -0.05) is 12.1 Å². The Morgan fingerprint density at radius 1 is 1.35 bits per heavy atom. The van der Waals surface area contributed by atoms with E-state index < -0.39 is 6.04 Å². The predicted molar refractivity (Wildman–Crippen MR) is 79.7 cm³/mol. The van der Waals surface area contributed by atoms with E-state index in [1.807, 2.05) is 18.4 Å². The lowest BCUT2D eigenvalue weighted by Gasteiger charge is -2.14. The standard InChI is InChI=1S/C15H17NO3S/c1-20-10-11-4-6-12(7-5-11)15(18)16-13(9-17)14-3-2-8-19-14/h2-8,13,17H,9-10H2,1H3,(H,16,18). The lowest BCUT2D eigenvalue weighted by molar-refractivity contribution is 0.0907. The normalized spacial score (nSPS) is 12.1. The van der Waals surface area contributed by atoms with Crippen molar-refractivity contribution in [3.8, 4) is 0 Å². The van der Waals surface area contributed by atoms with Crippen LogP contribution in [0, 0.1) is 0 Å². The Labute approximate surface area is 122 Å². The Morgan fingerprint density at radius 3 is 2.65 bits per heavy atom. The maximum atomic E-state index is 12.1. The Bertz CT molecular complexity index is 537. The second-order valence-electron chi connectivity index (χ2n) is 4.35. The highest BCUT2D eigenvalue weighted by Gasteiger charge is 2.17. The molecule has 106 valence electrons. The zero-order valence-corrected chi connectivity index (χ0v) is 12.0. The van der Waals surface area contributed by atoms with Crippen LogP contribution in [0.4, 0.5) is 0 Å². The zero-order valence-electron chi connectivity index (χ0n) is 11.2. The summed E-state index contributed by atoms with van der Waals surface area (Å²) in [4.78, 5) is 12.1. The number of carbonyl (C=O) groups is 1. The molecule has 0 spiro atoms. The molecule has 0 aliphatic rings. The van der Waals surface area contributed by atoms with Crippen LogP contribution in [0.15, 0.2) is 47.1 Å². The highest BCUT2D eigenvalue weighted by atomic mass is 32.2. The molecule has 0 saturated heterocycles. The lowest BCUT2D eigenvalue weighted by atomic mass is 10.1. The van der Waals surface area contributed by atoms with Crippen molar-refractivity contribution in [3.05, 3.63) is 59.5 Å². The molecule has 0 aliphatic carbocycles. The summed E-state index contributed by atoms with van der Waals surface area (Å²) in [5.74, 6) is 1.24. The molecule has 5 heteroatoms. The van der Waals surface area contributed by atoms with Gasteiger partial charge in [0, 0.05) is 11.3 Å². The van der Waals surface area contributed by atoms with E-state index in [2.05, 4.69) is 5.32 Å². The summed E-state index contributed by atoms with van der Waals surface area (Å²) in [5.41, 5.74) is 1.75. The first-order valence-corrected chi connectivity index (χ1v) is 7.67. The van der Waals surface area contributed by atoms with Gasteiger partial charge in [0.1, 0.15) is 11.8 Å². The molecule has 1 amide bonds.